The van der Waals surface area contributed by atoms with E-state index in [0.29, 0.717) is 31.1 Å². The third-order valence-electron chi connectivity index (χ3n) is 1.66. The molecule has 14 heavy (non-hydrogen) atoms. The highest BCUT2D eigenvalue weighted by Gasteiger charge is 2.07. The highest BCUT2D eigenvalue weighted by atomic mass is 16.5. The molecule has 0 radical (unpaired) electrons. The lowest BCUT2D eigenvalue weighted by molar-refractivity contribution is -0.117. The van der Waals surface area contributed by atoms with E-state index in [4.69, 9.17) is 4.52 Å². The number of ketones is 1. The van der Waals surface area contributed by atoms with Gasteiger partial charge in [0.2, 0.25) is 5.89 Å². The highest BCUT2D eigenvalue weighted by molar-refractivity contribution is 5.75. The van der Waals surface area contributed by atoms with Gasteiger partial charge in [0.05, 0.1) is 6.54 Å². The molecule has 0 aromatic carbocycles. The van der Waals surface area contributed by atoms with E-state index in [2.05, 4.69) is 10.1 Å². The quantitative estimate of drug-likeness (QED) is 0.693. The fourth-order valence-electron chi connectivity index (χ4n) is 1.02. The molecular formula is C9H15N3O2. The number of aromatic nitrogens is 2. The molecule has 0 saturated heterocycles. The van der Waals surface area contributed by atoms with Gasteiger partial charge in [0.25, 0.3) is 0 Å². The van der Waals surface area contributed by atoms with Crippen molar-refractivity contribution in [3.05, 3.63) is 11.7 Å². The zero-order valence-electron chi connectivity index (χ0n) is 8.78. The van der Waals surface area contributed by atoms with Gasteiger partial charge in [-0.05, 0) is 21.0 Å². The summed E-state index contributed by atoms with van der Waals surface area (Å²) >= 11 is 0. The number of carbonyl (C=O) groups excluding carboxylic acids is 1. The minimum Gasteiger partial charge on any atom is -0.339 e. The van der Waals surface area contributed by atoms with E-state index in [1.165, 1.54) is 0 Å². The molecule has 0 amide bonds. The Kier molecular flexibility index (Phi) is 3.76. The molecule has 0 spiro atoms. The summed E-state index contributed by atoms with van der Waals surface area (Å²) in [7, 11) is 3.87. The van der Waals surface area contributed by atoms with Crippen molar-refractivity contribution >= 4 is 5.78 Å². The van der Waals surface area contributed by atoms with E-state index in [0.717, 1.165) is 0 Å². The monoisotopic (exact) mass is 197 g/mol. The van der Waals surface area contributed by atoms with Crippen LogP contribution in [-0.4, -0.2) is 34.9 Å². The first-order chi connectivity index (χ1) is 6.58. The zero-order valence-corrected chi connectivity index (χ0v) is 8.78. The van der Waals surface area contributed by atoms with Crippen LogP contribution in [0.1, 0.15) is 25.1 Å². The number of carbonyl (C=O) groups is 1. The summed E-state index contributed by atoms with van der Waals surface area (Å²) < 4.78 is 4.98. The molecule has 0 bridgehead atoms. The van der Waals surface area contributed by atoms with E-state index in [1.54, 1.807) is 6.92 Å². The molecule has 1 aromatic rings. The van der Waals surface area contributed by atoms with Gasteiger partial charge in [-0.3, -0.25) is 0 Å². The molecule has 0 saturated carbocycles. The lowest BCUT2D eigenvalue weighted by atomic mass is 10.2. The first kappa shape index (κ1) is 10.8. The zero-order chi connectivity index (χ0) is 10.6. The Morgan fingerprint density at radius 3 is 2.79 bits per heavy atom. The third kappa shape index (κ3) is 3.66. The van der Waals surface area contributed by atoms with Gasteiger partial charge in [-0.2, -0.15) is 4.98 Å². The van der Waals surface area contributed by atoms with Crippen LogP contribution in [0, 0.1) is 0 Å². The highest BCUT2D eigenvalue weighted by Crippen LogP contribution is 2.02. The topological polar surface area (TPSA) is 59.2 Å². The average Bonchev–Trinajstić information content (AvgIpc) is 2.47. The van der Waals surface area contributed by atoms with Crippen LogP contribution in [0.5, 0.6) is 0 Å². The van der Waals surface area contributed by atoms with Gasteiger partial charge >= 0.3 is 0 Å². The number of aryl methyl sites for hydroxylation is 1. The molecule has 0 aliphatic rings. The van der Waals surface area contributed by atoms with Gasteiger partial charge in [-0.15, -0.1) is 0 Å². The standard InChI is InChI=1S/C9H15N3O2/c1-7(13)4-5-9-10-8(11-14-9)6-12(2)3/h4-6H2,1-3H3. The summed E-state index contributed by atoms with van der Waals surface area (Å²) in [5.41, 5.74) is 0. The predicted octanol–water partition coefficient (Wildman–Crippen LogP) is 0.653. The lowest BCUT2D eigenvalue weighted by Gasteiger charge is -2.03. The Labute approximate surface area is 83.1 Å². The van der Waals surface area contributed by atoms with E-state index >= 15 is 0 Å². The smallest absolute Gasteiger partial charge is 0.227 e. The van der Waals surface area contributed by atoms with Crippen LogP contribution in [0.4, 0.5) is 0 Å². The number of Topliss-reactive ketones (excluding diaryl/α,β-unsaturated/α-hetero) is 1. The second kappa shape index (κ2) is 4.85. The number of rotatable bonds is 5. The van der Waals surface area contributed by atoms with Gasteiger partial charge in [0.15, 0.2) is 5.82 Å². The fraction of sp³-hybridized carbons (Fsp3) is 0.667. The summed E-state index contributed by atoms with van der Waals surface area (Å²) in [5, 5.41) is 3.80. The van der Waals surface area contributed by atoms with Gasteiger partial charge in [-0.25, -0.2) is 0 Å². The fourth-order valence-corrected chi connectivity index (χ4v) is 1.02. The van der Waals surface area contributed by atoms with Gasteiger partial charge in [0, 0.05) is 12.8 Å². The van der Waals surface area contributed by atoms with Gasteiger partial charge in [-0.1, -0.05) is 5.16 Å². The van der Waals surface area contributed by atoms with E-state index in [1.807, 2.05) is 19.0 Å². The summed E-state index contributed by atoms with van der Waals surface area (Å²) in [6.07, 6.45) is 0.999. The summed E-state index contributed by atoms with van der Waals surface area (Å²) in [4.78, 5) is 16.8. The maximum Gasteiger partial charge on any atom is 0.227 e. The summed E-state index contributed by atoms with van der Waals surface area (Å²) in [5.74, 6) is 1.34. The maximum atomic E-state index is 10.7. The van der Waals surface area contributed by atoms with Gasteiger partial charge in [0.1, 0.15) is 5.78 Å². The average molecular weight is 197 g/mol. The molecule has 5 heteroatoms. The Morgan fingerprint density at radius 2 is 2.21 bits per heavy atom. The number of hydrogen-bond acceptors (Lipinski definition) is 5. The van der Waals surface area contributed by atoms with Crippen molar-refractivity contribution < 1.29 is 9.32 Å². The van der Waals surface area contributed by atoms with Crippen LogP contribution in [-0.2, 0) is 17.8 Å². The molecular weight excluding hydrogens is 182 g/mol. The van der Waals surface area contributed by atoms with Crippen LogP contribution in [0.3, 0.4) is 0 Å². The SMILES string of the molecule is CC(=O)CCc1nc(CN(C)C)no1. The summed E-state index contributed by atoms with van der Waals surface area (Å²) in [6.45, 7) is 2.21. The first-order valence-corrected chi connectivity index (χ1v) is 4.53. The van der Waals surface area contributed by atoms with Crippen molar-refractivity contribution in [2.45, 2.75) is 26.3 Å². The molecule has 0 aliphatic carbocycles. The second-order valence-corrected chi connectivity index (χ2v) is 3.54. The molecule has 0 fully saturated rings. The molecule has 1 rings (SSSR count). The molecule has 0 atom stereocenters. The molecule has 0 unspecified atom stereocenters. The Hall–Kier alpha value is -1.23. The lowest BCUT2D eigenvalue weighted by Crippen LogP contribution is -2.11. The number of hydrogen-bond donors (Lipinski definition) is 0. The third-order valence-corrected chi connectivity index (χ3v) is 1.66. The molecule has 78 valence electrons. The van der Waals surface area contributed by atoms with Crippen LogP contribution in [0.15, 0.2) is 4.52 Å². The van der Waals surface area contributed by atoms with Crippen molar-refractivity contribution in [3.8, 4) is 0 Å². The Bertz CT molecular complexity index is 307. The van der Waals surface area contributed by atoms with Crippen molar-refractivity contribution in [3.63, 3.8) is 0 Å². The second-order valence-electron chi connectivity index (χ2n) is 3.54. The Balaban J connectivity index is 2.46. The normalized spacial score (nSPS) is 10.9. The van der Waals surface area contributed by atoms with E-state index in [9.17, 15) is 4.79 Å². The predicted molar refractivity (Wildman–Crippen MR) is 50.7 cm³/mol. The minimum absolute atomic E-state index is 0.136. The van der Waals surface area contributed by atoms with Crippen molar-refractivity contribution in [2.75, 3.05) is 14.1 Å². The van der Waals surface area contributed by atoms with Crippen LogP contribution in [0.2, 0.25) is 0 Å². The summed E-state index contributed by atoms with van der Waals surface area (Å²) in [6, 6.07) is 0. The van der Waals surface area contributed by atoms with E-state index < -0.39 is 0 Å². The van der Waals surface area contributed by atoms with Crippen LogP contribution < -0.4 is 0 Å². The molecule has 5 nitrogen and oxygen atoms in total. The van der Waals surface area contributed by atoms with E-state index in [-0.39, 0.29) is 5.78 Å². The molecule has 1 heterocycles. The van der Waals surface area contributed by atoms with Crippen molar-refractivity contribution in [1.29, 1.82) is 0 Å². The molecule has 0 aliphatic heterocycles. The van der Waals surface area contributed by atoms with Gasteiger partial charge < -0.3 is 14.2 Å². The molecule has 0 N–H and O–H groups in total. The first-order valence-electron chi connectivity index (χ1n) is 4.53. The minimum atomic E-state index is 0.136. The molecule has 1 aromatic heterocycles. The van der Waals surface area contributed by atoms with Crippen LogP contribution in [0.25, 0.3) is 0 Å². The largest absolute Gasteiger partial charge is 0.339 e. The van der Waals surface area contributed by atoms with Crippen LogP contribution >= 0.6 is 0 Å². The number of nitrogens with zero attached hydrogens (tertiary/aromatic N) is 3. The maximum absolute atomic E-state index is 10.7. The van der Waals surface area contributed by atoms with Crippen molar-refractivity contribution in [2.24, 2.45) is 0 Å². The Morgan fingerprint density at radius 1 is 1.50 bits per heavy atom. The van der Waals surface area contributed by atoms with Crippen molar-refractivity contribution in [1.82, 2.24) is 15.0 Å².